The predicted octanol–water partition coefficient (Wildman–Crippen LogP) is 6.09. The van der Waals surface area contributed by atoms with Crippen LogP contribution in [-0.2, 0) is 11.2 Å². The molecule has 1 amide bonds. The Morgan fingerprint density at radius 3 is 2.17 bits per heavy atom. The second-order valence-corrected chi connectivity index (χ2v) is 7.04. The van der Waals surface area contributed by atoms with Gasteiger partial charge < -0.3 is 14.8 Å². The molecule has 0 saturated carbocycles. The molecule has 0 aliphatic rings. The molecule has 1 aromatic heterocycles. The van der Waals surface area contributed by atoms with Gasteiger partial charge in [0.2, 0.25) is 0 Å². The standard InChI is InChI=1S/C25H28N2O3/c1-5-19-7-11-21(12-8-19)30-22-13-9-20(10-14-22)27-25(28)23-15-16-24(26-17(23)3)18(4)29-6-2/h7-16,18H,5-6H2,1-4H3,(H,27,28). The van der Waals surface area contributed by atoms with E-state index in [0.29, 0.717) is 29.3 Å². The van der Waals surface area contributed by atoms with Gasteiger partial charge >= 0.3 is 0 Å². The highest BCUT2D eigenvalue weighted by atomic mass is 16.5. The number of carbonyl (C=O) groups excluding carboxylic acids is 1. The molecule has 0 aliphatic carbocycles. The lowest BCUT2D eigenvalue weighted by atomic mass is 10.1. The van der Waals surface area contributed by atoms with E-state index in [9.17, 15) is 4.79 Å². The number of benzene rings is 2. The van der Waals surface area contributed by atoms with Crippen molar-refractivity contribution in [1.29, 1.82) is 0 Å². The Morgan fingerprint density at radius 2 is 1.60 bits per heavy atom. The van der Waals surface area contributed by atoms with Crippen molar-refractivity contribution in [3.05, 3.63) is 83.2 Å². The summed E-state index contributed by atoms with van der Waals surface area (Å²) in [5, 5.41) is 2.91. The molecule has 0 aliphatic heterocycles. The highest BCUT2D eigenvalue weighted by Crippen LogP contribution is 2.24. The van der Waals surface area contributed by atoms with Crippen LogP contribution in [0.1, 0.15) is 54.2 Å². The van der Waals surface area contributed by atoms with Gasteiger partial charge in [-0.3, -0.25) is 9.78 Å². The van der Waals surface area contributed by atoms with Crippen LogP contribution in [0.2, 0.25) is 0 Å². The first kappa shape index (κ1) is 21.5. The Bertz CT molecular complexity index is 982. The maximum atomic E-state index is 12.7. The average molecular weight is 405 g/mol. The lowest BCUT2D eigenvalue weighted by Gasteiger charge is -2.13. The van der Waals surface area contributed by atoms with Crippen molar-refractivity contribution in [3.63, 3.8) is 0 Å². The number of pyridine rings is 1. The smallest absolute Gasteiger partial charge is 0.257 e. The molecule has 2 aromatic carbocycles. The molecular weight excluding hydrogens is 376 g/mol. The number of aromatic nitrogens is 1. The van der Waals surface area contributed by atoms with Gasteiger partial charge in [0.25, 0.3) is 5.91 Å². The van der Waals surface area contributed by atoms with E-state index in [2.05, 4.69) is 29.4 Å². The summed E-state index contributed by atoms with van der Waals surface area (Å²) in [5.41, 5.74) is 4.00. The second kappa shape index (κ2) is 10.0. The SMILES string of the molecule is CCOC(C)c1ccc(C(=O)Nc2ccc(Oc3ccc(CC)cc3)cc2)c(C)n1. The number of rotatable bonds is 8. The van der Waals surface area contributed by atoms with Gasteiger partial charge in [-0.1, -0.05) is 19.1 Å². The molecule has 3 aromatic rings. The normalized spacial score (nSPS) is 11.7. The zero-order valence-electron chi connectivity index (χ0n) is 17.9. The minimum atomic E-state index is -0.195. The molecule has 0 saturated heterocycles. The third kappa shape index (κ3) is 5.45. The number of hydrogen-bond acceptors (Lipinski definition) is 4. The number of nitrogens with zero attached hydrogens (tertiary/aromatic N) is 1. The van der Waals surface area contributed by atoms with Gasteiger partial charge in [0.15, 0.2) is 0 Å². The second-order valence-electron chi connectivity index (χ2n) is 7.04. The monoisotopic (exact) mass is 404 g/mol. The summed E-state index contributed by atoms with van der Waals surface area (Å²) in [6.07, 6.45) is 0.898. The van der Waals surface area contributed by atoms with Crippen LogP contribution in [0, 0.1) is 6.92 Å². The molecule has 1 N–H and O–H groups in total. The fourth-order valence-corrected chi connectivity index (χ4v) is 3.12. The first-order chi connectivity index (χ1) is 14.5. The van der Waals surface area contributed by atoms with E-state index in [4.69, 9.17) is 9.47 Å². The molecule has 5 nitrogen and oxygen atoms in total. The largest absolute Gasteiger partial charge is 0.457 e. The Morgan fingerprint density at radius 1 is 0.967 bits per heavy atom. The molecule has 0 bridgehead atoms. The topological polar surface area (TPSA) is 60.5 Å². The highest BCUT2D eigenvalue weighted by molar-refractivity contribution is 6.05. The van der Waals surface area contributed by atoms with Crippen molar-refractivity contribution in [3.8, 4) is 11.5 Å². The van der Waals surface area contributed by atoms with E-state index in [1.54, 1.807) is 6.07 Å². The third-order valence-corrected chi connectivity index (χ3v) is 4.86. The average Bonchev–Trinajstić information content (AvgIpc) is 2.75. The Kier molecular flexibility index (Phi) is 7.20. The third-order valence-electron chi connectivity index (χ3n) is 4.86. The van der Waals surface area contributed by atoms with Crippen LogP contribution in [0.5, 0.6) is 11.5 Å². The lowest BCUT2D eigenvalue weighted by molar-refractivity contribution is 0.0732. The van der Waals surface area contributed by atoms with Gasteiger partial charge in [-0.05, 0) is 81.3 Å². The van der Waals surface area contributed by atoms with E-state index < -0.39 is 0 Å². The summed E-state index contributed by atoms with van der Waals surface area (Å²) >= 11 is 0. The van der Waals surface area contributed by atoms with E-state index in [0.717, 1.165) is 17.9 Å². The maximum Gasteiger partial charge on any atom is 0.257 e. The lowest BCUT2D eigenvalue weighted by Crippen LogP contribution is -2.15. The van der Waals surface area contributed by atoms with E-state index in [1.165, 1.54) is 5.56 Å². The first-order valence-corrected chi connectivity index (χ1v) is 10.3. The molecule has 0 fully saturated rings. The molecule has 156 valence electrons. The minimum Gasteiger partial charge on any atom is -0.457 e. The van der Waals surface area contributed by atoms with Crippen LogP contribution >= 0.6 is 0 Å². The van der Waals surface area contributed by atoms with Gasteiger partial charge in [0.1, 0.15) is 11.5 Å². The van der Waals surface area contributed by atoms with Crippen molar-refractivity contribution in [2.24, 2.45) is 0 Å². The fraction of sp³-hybridized carbons (Fsp3) is 0.280. The predicted molar refractivity (Wildman–Crippen MR) is 119 cm³/mol. The van der Waals surface area contributed by atoms with Gasteiger partial charge in [0.05, 0.1) is 23.1 Å². The van der Waals surface area contributed by atoms with Crippen LogP contribution in [0.15, 0.2) is 60.7 Å². The Labute approximate surface area is 178 Å². The molecular formula is C25H28N2O3. The molecule has 0 radical (unpaired) electrons. The molecule has 30 heavy (non-hydrogen) atoms. The van der Waals surface area contributed by atoms with E-state index in [1.807, 2.05) is 63.2 Å². The molecule has 1 unspecified atom stereocenters. The fourth-order valence-electron chi connectivity index (χ4n) is 3.12. The summed E-state index contributed by atoms with van der Waals surface area (Å²) in [4.78, 5) is 17.2. The molecule has 1 heterocycles. The zero-order valence-corrected chi connectivity index (χ0v) is 17.9. The first-order valence-electron chi connectivity index (χ1n) is 10.3. The number of carbonyl (C=O) groups is 1. The summed E-state index contributed by atoms with van der Waals surface area (Å²) < 4.78 is 11.4. The molecule has 1 atom stereocenters. The Balaban J connectivity index is 1.64. The van der Waals surface area contributed by atoms with Crippen LogP contribution in [0.25, 0.3) is 0 Å². The van der Waals surface area contributed by atoms with Gasteiger partial charge in [0, 0.05) is 12.3 Å². The minimum absolute atomic E-state index is 0.100. The summed E-state index contributed by atoms with van der Waals surface area (Å²) in [6, 6.07) is 19.0. The van der Waals surface area contributed by atoms with Crippen molar-refractivity contribution < 1.29 is 14.3 Å². The van der Waals surface area contributed by atoms with Crippen molar-refractivity contribution in [2.75, 3.05) is 11.9 Å². The van der Waals surface area contributed by atoms with Gasteiger partial charge in [-0.25, -0.2) is 0 Å². The van der Waals surface area contributed by atoms with Gasteiger partial charge in [-0.2, -0.15) is 0 Å². The summed E-state index contributed by atoms with van der Waals surface area (Å²) in [5.74, 6) is 1.30. The van der Waals surface area contributed by atoms with Crippen molar-refractivity contribution >= 4 is 11.6 Å². The van der Waals surface area contributed by atoms with E-state index in [-0.39, 0.29) is 12.0 Å². The number of anilines is 1. The zero-order chi connectivity index (χ0) is 21.5. The quantitative estimate of drug-likeness (QED) is 0.493. The number of ether oxygens (including phenoxy) is 2. The number of aryl methyl sites for hydroxylation is 2. The summed E-state index contributed by atoms with van der Waals surface area (Å²) in [7, 11) is 0. The van der Waals surface area contributed by atoms with Crippen LogP contribution in [-0.4, -0.2) is 17.5 Å². The Hall–Kier alpha value is -3.18. The van der Waals surface area contributed by atoms with E-state index >= 15 is 0 Å². The molecule has 5 heteroatoms. The number of amides is 1. The van der Waals surface area contributed by atoms with Crippen molar-refractivity contribution in [1.82, 2.24) is 4.98 Å². The van der Waals surface area contributed by atoms with Crippen LogP contribution < -0.4 is 10.1 Å². The molecule has 0 spiro atoms. The van der Waals surface area contributed by atoms with Gasteiger partial charge in [-0.15, -0.1) is 0 Å². The number of nitrogens with one attached hydrogen (secondary N) is 1. The summed E-state index contributed by atoms with van der Waals surface area (Å²) in [6.45, 7) is 8.47. The maximum absolute atomic E-state index is 12.7. The van der Waals surface area contributed by atoms with Crippen molar-refractivity contribution in [2.45, 2.75) is 40.2 Å². The highest BCUT2D eigenvalue weighted by Gasteiger charge is 2.14. The van der Waals surface area contributed by atoms with Crippen LogP contribution in [0.4, 0.5) is 5.69 Å². The number of hydrogen-bond donors (Lipinski definition) is 1. The molecule has 3 rings (SSSR count). The van der Waals surface area contributed by atoms with Crippen LogP contribution in [0.3, 0.4) is 0 Å².